The molecule has 0 atom stereocenters. The van der Waals surface area contributed by atoms with E-state index in [4.69, 9.17) is 0 Å². The molecule has 0 unspecified atom stereocenters. The topological polar surface area (TPSA) is 62.7 Å². The quantitative estimate of drug-likeness (QED) is 0.739. The molecule has 2 N–H and O–H groups in total. The third-order valence-electron chi connectivity index (χ3n) is 3.92. The Morgan fingerprint density at radius 3 is 2.58 bits per heavy atom. The number of aryl methyl sites for hydroxylation is 1. The molecule has 0 saturated heterocycles. The lowest BCUT2D eigenvalue weighted by atomic mass is 10.2. The van der Waals surface area contributed by atoms with E-state index in [0.717, 1.165) is 22.8 Å². The fraction of sp³-hybridized carbons (Fsp3) is 0.211. The Hall–Kier alpha value is -2.95. The Balaban J connectivity index is 1.67. The average Bonchev–Trinajstić information content (AvgIpc) is 3.42. The number of anilines is 3. The van der Waals surface area contributed by atoms with Gasteiger partial charge in [0.1, 0.15) is 5.82 Å². The second-order valence-electron chi connectivity index (χ2n) is 6.11. The molecule has 120 valence electrons. The predicted octanol–water partition coefficient (Wildman–Crippen LogP) is 4.16. The zero-order valence-corrected chi connectivity index (χ0v) is 13.5. The van der Waals surface area contributed by atoms with E-state index in [1.54, 1.807) is 6.20 Å². The van der Waals surface area contributed by atoms with Gasteiger partial charge in [0.05, 0.1) is 5.69 Å². The largest absolute Gasteiger partial charge is 0.351 e. The molecule has 3 aromatic rings. The summed E-state index contributed by atoms with van der Waals surface area (Å²) in [5.74, 6) is 1.43. The number of aromatic nitrogens is 3. The second kappa shape index (κ2) is 6.28. The van der Waals surface area contributed by atoms with Gasteiger partial charge in [-0.25, -0.2) is 4.98 Å². The summed E-state index contributed by atoms with van der Waals surface area (Å²) in [5.41, 5.74) is 4.07. The maximum absolute atomic E-state index is 4.64. The van der Waals surface area contributed by atoms with E-state index in [-0.39, 0.29) is 0 Å². The SMILES string of the molecule is Cc1ccc(Nc2cc(-c3cccnc3)nc(NC3CC3)n2)cc1. The van der Waals surface area contributed by atoms with Crippen LogP contribution < -0.4 is 10.6 Å². The molecule has 0 bridgehead atoms. The first-order chi connectivity index (χ1) is 11.8. The molecular formula is C19H19N5. The van der Waals surface area contributed by atoms with Crippen molar-refractivity contribution in [1.29, 1.82) is 0 Å². The highest BCUT2D eigenvalue weighted by molar-refractivity contribution is 5.67. The number of nitrogens with zero attached hydrogens (tertiary/aromatic N) is 3. The van der Waals surface area contributed by atoms with Crippen molar-refractivity contribution < 1.29 is 0 Å². The molecule has 1 aromatic carbocycles. The van der Waals surface area contributed by atoms with Crippen molar-refractivity contribution in [2.24, 2.45) is 0 Å². The lowest BCUT2D eigenvalue weighted by Gasteiger charge is -2.11. The number of hydrogen-bond donors (Lipinski definition) is 2. The molecule has 5 nitrogen and oxygen atoms in total. The van der Waals surface area contributed by atoms with E-state index in [1.807, 2.05) is 24.4 Å². The number of rotatable bonds is 5. The molecular weight excluding hydrogens is 298 g/mol. The minimum absolute atomic E-state index is 0.501. The Morgan fingerprint density at radius 1 is 1.04 bits per heavy atom. The highest BCUT2D eigenvalue weighted by Gasteiger charge is 2.22. The van der Waals surface area contributed by atoms with Crippen LogP contribution in [0.3, 0.4) is 0 Å². The molecule has 24 heavy (non-hydrogen) atoms. The fourth-order valence-corrected chi connectivity index (χ4v) is 2.43. The normalized spacial score (nSPS) is 13.5. The zero-order chi connectivity index (χ0) is 16.4. The van der Waals surface area contributed by atoms with Gasteiger partial charge in [-0.2, -0.15) is 4.98 Å². The lowest BCUT2D eigenvalue weighted by molar-refractivity contribution is 1.06. The van der Waals surface area contributed by atoms with Crippen LogP contribution >= 0.6 is 0 Å². The van der Waals surface area contributed by atoms with Crippen molar-refractivity contribution in [2.75, 3.05) is 10.6 Å². The molecule has 1 saturated carbocycles. The average molecular weight is 317 g/mol. The van der Waals surface area contributed by atoms with Gasteiger partial charge in [0, 0.05) is 35.8 Å². The summed E-state index contributed by atoms with van der Waals surface area (Å²) in [6.45, 7) is 2.08. The van der Waals surface area contributed by atoms with Crippen LogP contribution in [-0.4, -0.2) is 21.0 Å². The molecule has 1 aliphatic rings. The maximum atomic E-state index is 4.64. The molecule has 1 aliphatic carbocycles. The van der Waals surface area contributed by atoms with Crippen LogP contribution in [-0.2, 0) is 0 Å². The maximum Gasteiger partial charge on any atom is 0.225 e. The van der Waals surface area contributed by atoms with Gasteiger partial charge in [-0.3, -0.25) is 4.98 Å². The first kappa shape index (κ1) is 14.6. The molecule has 0 amide bonds. The van der Waals surface area contributed by atoms with E-state index in [1.165, 1.54) is 18.4 Å². The number of benzene rings is 1. The molecule has 5 heteroatoms. The molecule has 0 radical (unpaired) electrons. The van der Waals surface area contributed by atoms with Crippen LogP contribution in [0, 0.1) is 6.92 Å². The van der Waals surface area contributed by atoms with Crippen LogP contribution in [0.25, 0.3) is 11.3 Å². The third kappa shape index (κ3) is 3.51. The summed E-state index contributed by atoms with van der Waals surface area (Å²) >= 11 is 0. The second-order valence-corrected chi connectivity index (χ2v) is 6.11. The summed E-state index contributed by atoms with van der Waals surface area (Å²) in [6.07, 6.45) is 5.95. The Bertz CT molecular complexity index is 826. The molecule has 4 rings (SSSR count). The van der Waals surface area contributed by atoms with Gasteiger partial charge >= 0.3 is 0 Å². The van der Waals surface area contributed by atoms with Gasteiger partial charge in [0.15, 0.2) is 0 Å². The van der Waals surface area contributed by atoms with Gasteiger partial charge in [0.2, 0.25) is 5.95 Å². The van der Waals surface area contributed by atoms with Gasteiger partial charge in [-0.15, -0.1) is 0 Å². The van der Waals surface area contributed by atoms with Gasteiger partial charge in [-0.1, -0.05) is 17.7 Å². The van der Waals surface area contributed by atoms with Gasteiger partial charge < -0.3 is 10.6 Å². The van der Waals surface area contributed by atoms with Crippen LogP contribution in [0.15, 0.2) is 54.9 Å². The van der Waals surface area contributed by atoms with Crippen molar-refractivity contribution in [1.82, 2.24) is 15.0 Å². The Kier molecular flexibility index (Phi) is 3.83. The summed E-state index contributed by atoms with van der Waals surface area (Å²) in [6, 6.07) is 14.6. The van der Waals surface area contributed by atoms with Crippen molar-refractivity contribution >= 4 is 17.5 Å². The van der Waals surface area contributed by atoms with Crippen LogP contribution in [0.4, 0.5) is 17.5 Å². The molecule has 2 aromatic heterocycles. The highest BCUT2D eigenvalue weighted by Crippen LogP contribution is 2.27. The number of pyridine rings is 1. The van der Waals surface area contributed by atoms with Gasteiger partial charge in [0.25, 0.3) is 0 Å². The van der Waals surface area contributed by atoms with E-state index in [2.05, 4.69) is 56.8 Å². The molecule has 0 aliphatic heterocycles. The summed E-state index contributed by atoms with van der Waals surface area (Å²) in [4.78, 5) is 13.4. The molecule has 0 spiro atoms. The standard InChI is InChI=1S/C19H19N5/c1-13-4-6-15(7-5-13)21-18-11-17(14-3-2-10-20-12-14)23-19(24-18)22-16-8-9-16/h2-7,10-12,16H,8-9H2,1H3,(H2,21,22,23,24). The van der Waals surface area contributed by atoms with Crippen LogP contribution in [0.2, 0.25) is 0 Å². The highest BCUT2D eigenvalue weighted by atomic mass is 15.2. The molecule has 1 fully saturated rings. The fourth-order valence-electron chi connectivity index (χ4n) is 2.43. The van der Waals surface area contributed by atoms with E-state index in [0.29, 0.717) is 12.0 Å². The van der Waals surface area contributed by atoms with E-state index < -0.39 is 0 Å². The summed E-state index contributed by atoms with van der Waals surface area (Å²) in [5, 5.41) is 6.74. The lowest BCUT2D eigenvalue weighted by Crippen LogP contribution is -2.07. The van der Waals surface area contributed by atoms with Crippen molar-refractivity contribution in [3.8, 4) is 11.3 Å². The van der Waals surface area contributed by atoms with Gasteiger partial charge in [-0.05, 0) is 44.0 Å². The van der Waals surface area contributed by atoms with E-state index >= 15 is 0 Å². The number of nitrogens with one attached hydrogen (secondary N) is 2. The number of hydrogen-bond acceptors (Lipinski definition) is 5. The van der Waals surface area contributed by atoms with Crippen molar-refractivity contribution in [3.05, 3.63) is 60.4 Å². The Labute approximate surface area is 141 Å². The Morgan fingerprint density at radius 2 is 1.88 bits per heavy atom. The first-order valence-corrected chi connectivity index (χ1v) is 8.16. The molecule has 2 heterocycles. The zero-order valence-electron chi connectivity index (χ0n) is 13.5. The van der Waals surface area contributed by atoms with Crippen LogP contribution in [0.5, 0.6) is 0 Å². The summed E-state index contributed by atoms with van der Waals surface area (Å²) < 4.78 is 0. The van der Waals surface area contributed by atoms with Crippen molar-refractivity contribution in [2.45, 2.75) is 25.8 Å². The third-order valence-corrected chi connectivity index (χ3v) is 3.92. The first-order valence-electron chi connectivity index (χ1n) is 8.16. The van der Waals surface area contributed by atoms with Crippen LogP contribution in [0.1, 0.15) is 18.4 Å². The van der Waals surface area contributed by atoms with E-state index in [9.17, 15) is 0 Å². The van der Waals surface area contributed by atoms with Crippen molar-refractivity contribution in [3.63, 3.8) is 0 Å². The minimum atomic E-state index is 0.501. The summed E-state index contributed by atoms with van der Waals surface area (Å²) in [7, 11) is 0. The smallest absolute Gasteiger partial charge is 0.225 e. The predicted molar refractivity (Wildman–Crippen MR) is 96.4 cm³/mol. The minimum Gasteiger partial charge on any atom is -0.351 e. The monoisotopic (exact) mass is 317 g/mol.